The fourth-order valence-electron chi connectivity index (χ4n) is 2.93. The summed E-state index contributed by atoms with van der Waals surface area (Å²) in [4.78, 5) is 11.1. The summed E-state index contributed by atoms with van der Waals surface area (Å²) in [5.74, 6) is 1.85. The highest BCUT2D eigenvalue weighted by Crippen LogP contribution is 2.54. The molecule has 96 valence electrons. The number of carbonyl (C=O) groups is 1. The lowest BCUT2D eigenvalue weighted by Gasteiger charge is -2.11. The number of rotatable bonds is 0. The quantitative estimate of drug-likeness (QED) is 0.585. The molecule has 3 fully saturated rings. The molecule has 0 aromatic rings. The van der Waals surface area contributed by atoms with E-state index in [0.717, 1.165) is 18.8 Å². The summed E-state index contributed by atoms with van der Waals surface area (Å²) < 4.78 is 5.20. The SMILES string of the molecule is CC.CC.CC.O=C1OC2CC3CC1C2C3. The third kappa shape index (κ3) is 2.78. The van der Waals surface area contributed by atoms with Crippen molar-refractivity contribution in [1.29, 1.82) is 0 Å². The summed E-state index contributed by atoms with van der Waals surface area (Å²) in [6.45, 7) is 12.0. The lowest BCUT2D eigenvalue weighted by molar-refractivity contribution is -0.143. The molecule has 16 heavy (non-hydrogen) atoms. The van der Waals surface area contributed by atoms with Gasteiger partial charge in [-0.2, -0.15) is 0 Å². The Balaban J connectivity index is 0.000000332. The van der Waals surface area contributed by atoms with Crippen LogP contribution in [0.5, 0.6) is 0 Å². The molecule has 0 spiro atoms. The number of hydrogen-bond acceptors (Lipinski definition) is 2. The van der Waals surface area contributed by atoms with Gasteiger partial charge in [0.1, 0.15) is 6.10 Å². The van der Waals surface area contributed by atoms with Crippen molar-refractivity contribution in [3.05, 3.63) is 0 Å². The van der Waals surface area contributed by atoms with E-state index >= 15 is 0 Å². The average Bonchev–Trinajstić information content (AvgIpc) is 2.99. The standard InChI is InChI=1S/C8H10O2.3C2H6/c9-8-6-2-4-1-5(6)7(3-4)10-8;3*1-2/h4-7H,1-3H2;3*1-2H3. The molecular formula is C14H28O2. The second-order valence-corrected chi connectivity index (χ2v) is 3.82. The van der Waals surface area contributed by atoms with Gasteiger partial charge in [0, 0.05) is 5.92 Å². The molecule has 2 nitrogen and oxygen atoms in total. The number of ether oxygens (including phenoxy) is 1. The molecular weight excluding hydrogens is 200 g/mol. The molecule has 2 aliphatic carbocycles. The molecule has 3 rings (SSSR count). The van der Waals surface area contributed by atoms with Crippen molar-refractivity contribution in [3.63, 3.8) is 0 Å². The first kappa shape index (κ1) is 15.5. The first-order valence-electron chi connectivity index (χ1n) is 7.05. The molecule has 0 aromatic carbocycles. The minimum Gasteiger partial charge on any atom is -0.462 e. The first-order valence-corrected chi connectivity index (χ1v) is 7.05. The van der Waals surface area contributed by atoms with Crippen molar-refractivity contribution in [2.75, 3.05) is 0 Å². The van der Waals surface area contributed by atoms with Crippen LogP contribution in [0.1, 0.15) is 60.8 Å². The molecule has 0 radical (unpaired) electrons. The Morgan fingerprint density at radius 1 is 0.938 bits per heavy atom. The van der Waals surface area contributed by atoms with E-state index in [9.17, 15) is 4.79 Å². The van der Waals surface area contributed by atoms with Crippen LogP contribution in [0.25, 0.3) is 0 Å². The van der Waals surface area contributed by atoms with Crippen molar-refractivity contribution in [2.24, 2.45) is 17.8 Å². The van der Waals surface area contributed by atoms with Crippen LogP contribution < -0.4 is 0 Å². The van der Waals surface area contributed by atoms with Gasteiger partial charge >= 0.3 is 5.97 Å². The molecule has 1 saturated heterocycles. The number of fused-ring (bicyclic) bond motifs is 1. The van der Waals surface area contributed by atoms with Crippen LogP contribution in [0, 0.1) is 17.8 Å². The van der Waals surface area contributed by atoms with Crippen LogP contribution in [0.3, 0.4) is 0 Å². The zero-order valence-corrected chi connectivity index (χ0v) is 11.7. The number of esters is 1. The molecule has 1 aliphatic heterocycles. The van der Waals surface area contributed by atoms with Gasteiger partial charge in [-0.1, -0.05) is 41.5 Å². The van der Waals surface area contributed by atoms with E-state index in [0.29, 0.717) is 17.9 Å². The van der Waals surface area contributed by atoms with Gasteiger partial charge in [0.05, 0.1) is 5.92 Å². The van der Waals surface area contributed by atoms with Gasteiger partial charge < -0.3 is 4.74 Å². The zero-order chi connectivity index (χ0) is 12.7. The van der Waals surface area contributed by atoms with E-state index in [1.165, 1.54) is 6.42 Å². The summed E-state index contributed by atoms with van der Waals surface area (Å²) in [6, 6.07) is 0. The topological polar surface area (TPSA) is 26.3 Å². The van der Waals surface area contributed by atoms with Gasteiger partial charge in [0.2, 0.25) is 0 Å². The van der Waals surface area contributed by atoms with E-state index in [1.54, 1.807) is 0 Å². The van der Waals surface area contributed by atoms with Gasteiger partial charge in [-0.05, 0) is 25.2 Å². The Morgan fingerprint density at radius 3 is 1.88 bits per heavy atom. The molecule has 4 atom stereocenters. The van der Waals surface area contributed by atoms with Crippen LogP contribution in [-0.4, -0.2) is 12.1 Å². The van der Waals surface area contributed by atoms with E-state index in [-0.39, 0.29) is 5.97 Å². The van der Waals surface area contributed by atoms with Crippen LogP contribution >= 0.6 is 0 Å². The predicted octanol–water partition coefficient (Wildman–Crippen LogP) is 4.04. The van der Waals surface area contributed by atoms with Crippen LogP contribution in [0.2, 0.25) is 0 Å². The molecule has 0 aromatic heterocycles. The summed E-state index contributed by atoms with van der Waals surface area (Å²) in [5.41, 5.74) is 0. The van der Waals surface area contributed by atoms with E-state index in [2.05, 4.69) is 0 Å². The summed E-state index contributed by atoms with van der Waals surface area (Å²) in [7, 11) is 0. The lowest BCUT2D eigenvalue weighted by Crippen LogP contribution is -2.15. The van der Waals surface area contributed by atoms with Crippen LogP contribution in [-0.2, 0) is 9.53 Å². The van der Waals surface area contributed by atoms with Crippen molar-refractivity contribution in [1.82, 2.24) is 0 Å². The Hall–Kier alpha value is -0.530. The third-order valence-corrected chi connectivity index (χ3v) is 3.32. The second-order valence-electron chi connectivity index (χ2n) is 3.82. The van der Waals surface area contributed by atoms with Gasteiger partial charge in [-0.15, -0.1) is 0 Å². The van der Waals surface area contributed by atoms with Crippen molar-refractivity contribution in [2.45, 2.75) is 66.9 Å². The average molecular weight is 228 g/mol. The molecule has 2 heteroatoms. The highest BCUT2D eigenvalue weighted by molar-refractivity contribution is 5.76. The maximum Gasteiger partial charge on any atom is 0.309 e. The second kappa shape index (κ2) is 7.70. The highest BCUT2D eigenvalue weighted by Gasteiger charge is 2.56. The van der Waals surface area contributed by atoms with E-state index < -0.39 is 0 Å². The van der Waals surface area contributed by atoms with Crippen molar-refractivity contribution >= 4 is 5.97 Å². The predicted molar refractivity (Wildman–Crippen MR) is 68.2 cm³/mol. The molecule has 0 amide bonds. The normalized spacial score (nSPS) is 36.0. The fraction of sp³-hybridized carbons (Fsp3) is 0.929. The number of carbonyl (C=O) groups excluding carboxylic acids is 1. The molecule has 0 N–H and O–H groups in total. The Kier molecular flexibility index (Phi) is 7.44. The monoisotopic (exact) mass is 228 g/mol. The molecule has 2 saturated carbocycles. The maximum absolute atomic E-state index is 11.1. The van der Waals surface area contributed by atoms with Gasteiger partial charge in [-0.3, -0.25) is 4.79 Å². The highest BCUT2D eigenvalue weighted by atomic mass is 16.6. The van der Waals surface area contributed by atoms with Gasteiger partial charge in [-0.25, -0.2) is 0 Å². The third-order valence-electron chi connectivity index (χ3n) is 3.32. The fourth-order valence-corrected chi connectivity index (χ4v) is 2.93. The van der Waals surface area contributed by atoms with Crippen molar-refractivity contribution < 1.29 is 9.53 Å². The summed E-state index contributed by atoms with van der Waals surface area (Å²) in [5, 5.41) is 0. The Bertz CT molecular complexity index is 199. The summed E-state index contributed by atoms with van der Waals surface area (Å²) in [6.07, 6.45) is 3.88. The molecule has 3 aliphatic rings. The molecule has 1 heterocycles. The minimum atomic E-state index is 0.0926. The Labute approximate surface area is 101 Å². The lowest BCUT2D eigenvalue weighted by atomic mass is 9.90. The Morgan fingerprint density at radius 2 is 1.50 bits per heavy atom. The maximum atomic E-state index is 11.1. The molecule has 4 unspecified atom stereocenters. The van der Waals surface area contributed by atoms with Crippen LogP contribution in [0.15, 0.2) is 0 Å². The van der Waals surface area contributed by atoms with Gasteiger partial charge in [0.25, 0.3) is 0 Å². The van der Waals surface area contributed by atoms with E-state index in [4.69, 9.17) is 4.74 Å². The molecule has 2 bridgehead atoms. The largest absolute Gasteiger partial charge is 0.462 e. The first-order chi connectivity index (χ1) is 7.84. The summed E-state index contributed by atoms with van der Waals surface area (Å²) >= 11 is 0. The van der Waals surface area contributed by atoms with Crippen molar-refractivity contribution in [3.8, 4) is 0 Å². The minimum absolute atomic E-state index is 0.0926. The zero-order valence-electron chi connectivity index (χ0n) is 11.7. The number of hydrogen-bond donors (Lipinski definition) is 0. The van der Waals surface area contributed by atoms with E-state index in [1.807, 2.05) is 41.5 Å². The van der Waals surface area contributed by atoms with Crippen LogP contribution in [0.4, 0.5) is 0 Å². The smallest absolute Gasteiger partial charge is 0.309 e. The van der Waals surface area contributed by atoms with Gasteiger partial charge in [0.15, 0.2) is 0 Å².